The third kappa shape index (κ3) is 6.14. The fraction of sp³-hybridized carbons (Fsp3) is 0.650. The fourth-order valence-corrected chi connectivity index (χ4v) is 3.42. The van der Waals surface area contributed by atoms with E-state index in [-0.39, 0.29) is 36.2 Å². The van der Waals surface area contributed by atoms with Crippen molar-refractivity contribution in [2.24, 2.45) is 4.99 Å². The summed E-state index contributed by atoms with van der Waals surface area (Å²) >= 11 is 0. The number of ether oxygens (including phenoxy) is 3. The van der Waals surface area contributed by atoms with Crippen LogP contribution < -0.4 is 20.1 Å². The Morgan fingerprint density at radius 3 is 2.85 bits per heavy atom. The third-order valence-electron chi connectivity index (χ3n) is 4.65. The number of fused-ring (bicyclic) bond motifs is 1. The summed E-state index contributed by atoms with van der Waals surface area (Å²) in [6.07, 6.45) is 3.70. The van der Waals surface area contributed by atoms with Crippen molar-refractivity contribution in [3.8, 4) is 11.5 Å². The minimum atomic E-state index is 0. The van der Waals surface area contributed by atoms with Gasteiger partial charge in [-0.1, -0.05) is 0 Å². The quantitative estimate of drug-likeness (QED) is 0.350. The van der Waals surface area contributed by atoms with Crippen LogP contribution in [-0.2, 0) is 17.7 Å². The van der Waals surface area contributed by atoms with Gasteiger partial charge in [0, 0.05) is 37.2 Å². The van der Waals surface area contributed by atoms with Crippen LogP contribution in [0.25, 0.3) is 0 Å². The average molecular weight is 489 g/mol. The zero-order valence-electron chi connectivity index (χ0n) is 16.5. The van der Waals surface area contributed by atoms with E-state index >= 15 is 0 Å². The number of nitrogens with one attached hydrogen (secondary N) is 2. The SMILES string of the molecule is CCNC(=NCc1cc2c(cc1OCC)CC(C)O2)NCC1CCCO1.I. The van der Waals surface area contributed by atoms with E-state index in [2.05, 4.69) is 36.6 Å². The summed E-state index contributed by atoms with van der Waals surface area (Å²) < 4.78 is 17.4. The van der Waals surface area contributed by atoms with Crippen LogP contribution in [-0.4, -0.2) is 44.5 Å². The van der Waals surface area contributed by atoms with Gasteiger partial charge in [-0.2, -0.15) is 0 Å². The van der Waals surface area contributed by atoms with E-state index in [9.17, 15) is 0 Å². The number of halogens is 1. The van der Waals surface area contributed by atoms with Crippen LogP contribution in [0.2, 0.25) is 0 Å². The molecular formula is C20H32IN3O3. The molecule has 27 heavy (non-hydrogen) atoms. The largest absolute Gasteiger partial charge is 0.494 e. The van der Waals surface area contributed by atoms with Gasteiger partial charge in [-0.25, -0.2) is 4.99 Å². The van der Waals surface area contributed by atoms with Gasteiger partial charge in [0.2, 0.25) is 0 Å². The van der Waals surface area contributed by atoms with Crippen LogP contribution in [0.1, 0.15) is 44.7 Å². The predicted molar refractivity (Wildman–Crippen MR) is 119 cm³/mol. The van der Waals surface area contributed by atoms with Gasteiger partial charge in [0.25, 0.3) is 0 Å². The molecule has 2 heterocycles. The molecule has 2 aliphatic heterocycles. The number of benzene rings is 1. The highest BCUT2D eigenvalue weighted by molar-refractivity contribution is 14.0. The topological polar surface area (TPSA) is 64.1 Å². The molecule has 2 aliphatic rings. The Bertz CT molecular complexity index is 633. The number of rotatable bonds is 7. The Hall–Kier alpha value is -1.22. The van der Waals surface area contributed by atoms with Gasteiger partial charge in [-0.15, -0.1) is 24.0 Å². The molecule has 2 unspecified atom stereocenters. The van der Waals surface area contributed by atoms with Crippen LogP contribution in [0.4, 0.5) is 0 Å². The number of nitrogens with zero attached hydrogens (tertiary/aromatic N) is 1. The van der Waals surface area contributed by atoms with E-state index in [1.165, 1.54) is 5.56 Å². The first-order valence-corrected chi connectivity index (χ1v) is 9.78. The van der Waals surface area contributed by atoms with Crippen molar-refractivity contribution in [3.05, 3.63) is 23.3 Å². The summed E-state index contributed by atoms with van der Waals surface area (Å²) in [5, 5.41) is 6.68. The molecule has 0 amide bonds. The molecule has 0 bridgehead atoms. The first kappa shape index (κ1) is 22.1. The highest BCUT2D eigenvalue weighted by Crippen LogP contribution is 2.35. The summed E-state index contributed by atoms with van der Waals surface area (Å²) in [7, 11) is 0. The van der Waals surface area contributed by atoms with Gasteiger partial charge in [0.1, 0.15) is 17.6 Å². The smallest absolute Gasteiger partial charge is 0.191 e. The monoisotopic (exact) mass is 489 g/mol. The summed E-state index contributed by atoms with van der Waals surface area (Å²) in [6, 6.07) is 4.19. The molecule has 0 saturated carbocycles. The number of hydrogen-bond donors (Lipinski definition) is 2. The molecule has 2 atom stereocenters. The first-order valence-electron chi connectivity index (χ1n) is 9.78. The molecule has 0 radical (unpaired) electrons. The molecule has 1 aromatic carbocycles. The summed E-state index contributed by atoms with van der Waals surface area (Å²) in [4.78, 5) is 4.74. The predicted octanol–water partition coefficient (Wildman–Crippen LogP) is 3.26. The Labute approximate surface area is 179 Å². The van der Waals surface area contributed by atoms with Crippen molar-refractivity contribution >= 4 is 29.9 Å². The fourth-order valence-electron chi connectivity index (χ4n) is 3.42. The van der Waals surface area contributed by atoms with E-state index in [0.717, 1.165) is 62.0 Å². The Balaban J connectivity index is 0.00000261. The second kappa shape index (κ2) is 10.9. The number of aliphatic imine (C=N–C) groups is 1. The van der Waals surface area contributed by atoms with Crippen LogP contribution in [0.5, 0.6) is 11.5 Å². The van der Waals surface area contributed by atoms with E-state index in [1.807, 2.05) is 6.92 Å². The molecule has 1 fully saturated rings. The molecule has 0 aromatic heterocycles. The van der Waals surface area contributed by atoms with Crippen LogP contribution in [0.3, 0.4) is 0 Å². The van der Waals surface area contributed by atoms with Crippen molar-refractivity contribution in [2.45, 2.75) is 58.8 Å². The van der Waals surface area contributed by atoms with Crippen molar-refractivity contribution < 1.29 is 14.2 Å². The average Bonchev–Trinajstić information content (AvgIpc) is 3.25. The summed E-state index contributed by atoms with van der Waals surface area (Å²) in [6.45, 7) is 9.83. The van der Waals surface area contributed by atoms with Crippen molar-refractivity contribution in [3.63, 3.8) is 0 Å². The van der Waals surface area contributed by atoms with E-state index in [1.54, 1.807) is 0 Å². The second-order valence-corrected chi connectivity index (χ2v) is 6.84. The summed E-state index contributed by atoms with van der Waals surface area (Å²) in [5.41, 5.74) is 2.27. The van der Waals surface area contributed by atoms with Crippen LogP contribution in [0.15, 0.2) is 17.1 Å². The zero-order chi connectivity index (χ0) is 18.4. The number of hydrogen-bond acceptors (Lipinski definition) is 4. The van der Waals surface area contributed by atoms with Gasteiger partial charge in [-0.05, 0) is 45.7 Å². The van der Waals surface area contributed by atoms with Crippen molar-refractivity contribution in [2.75, 3.05) is 26.3 Å². The van der Waals surface area contributed by atoms with E-state index in [4.69, 9.17) is 19.2 Å². The highest BCUT2D eigenvalue weighted by Gasteiger charge is 2.22. The Kier molecular flexibility index (Phi) is 8.95. The minimum absolute atomic E-state index is 0. The molecule has 2 N–H and O–H groups in total. The van der Waals surface area contributed by atoms with Crippen molar-refractivity contribution in [1.29, 1.82) is 0 Å². The lowest BCUT2D eigenvalue weighted by molar-refractivity contribution is 0.114. The van der Waals surface area contributed by atoms with Gasteiger partial charge in [0.05, 0.1) is 19.3 Å². The Morgan fingerprint density at radius 2 is 2.15 bits per heavy atom. The lowest BCUT2D eigenvalue weighted by Gasteiger charge is -2.15. The van der Waals surface area contributed by atoms with E-state index < -0.39 is 0 Å². The lowest BCUT2D eigenvalue weighted by Crippen LogP contribution is -2.41. The molecule has 6 nitrogen and oxygen atoms in total. The molecule has 3 rings (SSSR count). The Morgan fingerprint density at radius 1 is 1.30 bits per heavy atom. The van der Waals surface area contributed by atoms with Crippen LogP contribution >= 0.6 is 24.0 Å². The number of guanidine groups is 1. The van der Waals surface area contributed by atoms with Gasteiger partial charge in [0.15, 0.2) is 5.96 Å². The standard InChI is InChI=1S/C20H31N3O3.HI/c1-4-21-20(23-13-17-7-6-8-25-17)22-12-16-11-19-15(9-14(3)26-19)10-18(16)24-5-2;/h10-11,14,17H,4-9,12-13H2,1-3H3,(H2,21,22,23);1H. The van der Waals surface area contributed by atoms with Gasteiger partial charge in [-0.3, -0.25) is 0 Å². The molecular weight excluding hydrogens is 457 g/mol. The summed E-state index contributed by atoms with van der Waals surface area (Å²) in [5.74, 6) is 2.67. The molecule has 0 spiro atoms. The maximum absolute atomic E-state index is 5.90. The zero-order valence-corrected chi connectivity index (χ0v) is 18.9. The maximum Gasteiger partial charge on any atom is 0.191 e. The molecule has 1 saturated heterocycles. The van der Waals surface area contributed by atoms with Gasteiger partial charge < -0.3 is 24.8 Å². The molecule has 152 valence electrons. The minimum Gasteiger partial charge on any atom is -0.494 e. The first-order chi connectivity index (χ1) is 12.7. The van der Waals surface area contributed by atoms with Crippen molar-refractivity contribution in [1.82, 2.24) is 10.6 Å². The highest BCUT2D eigenvalue weighted by atomic mass is 127. The molecule has 1 aromatic rings. The van der Waals surface area contributed by atoms with Crippen LogP contribution in [0, 0.1) is 0 Å². The van der Waals surface area contributed by atoms with E-state index in [0.29, 0.717) is 13.2 Å². The normalized spacial score (nSPS) is 21.2. The third-order valence-corrected chi connectivity index (χ3v) is 4.65. The molecule has 0 aliphatic carbocycles. The maximum atomic E-state index is 5.90. The lowest BCUT2D eigenvalue weighted by atomic mass is 10.1. The second-order valence-electron chi connectivity index (χ2n) is 6.84. The molecule has 7 heteroatoms. The van der Waals surface area contributed by atoms with Gasteiger partial charge >= 0.3 is 0 Å².